The number of aromatic amines is 1. The van der Waals surface area contributed by atoms with Gasteiger partial charge in [-0.1, -0.05) is 18.2 Å². The van der Waals surface area contributed by atoms with Gasteiger partial charge in [-0.25, -0.2) is 4.98 Å². The van der Waals surface area contributed by atoms with Crippen LogP contribution < -0.4 is 5.32 Å². The summed E-state index contributed by atoms with van der Waals surface area (Å²) in [4.78, 5) is 18.2. The Morgan fingerprint density at radius 3 is 3.00 bits per heavy atom. The number of anilines is 1. The number of hydrogen-bond donors (Lipinski definition) is 2. The molecule has 2 N–H and O–H groups in total. The van der Waals surface area contributed by atoms with Crippen LogP contribution in [0.2, 0.25) is 0 Å². The van der Waals surface area contributed by atoms with Gasteiger partial charge in [-0.05, 0) is 31.7 Å². The summed E-state index contributed by atoms with van der Waals surface area (Å²) in [5, 5.41) is 11.4. The van der Waals surface area contributed by atoms with Crippen molar-refractivity contribution in [1.82, 2.24) is 15.2 Å². The normalized spacial score (nSPS) is 14.1. The third-order valence-corrected chi connectivity index (χ3v) is 4.82. The predicted octanol–water partition coefficient (Wildman–Crippen LogP) is 3.15. The van der Waals surface area contributed by atoms with Gasteiger partial charge in [-0.2, -0.15) is 5.10 Å². The molecule has 4 rings (SSSR count). The summed E-state index contributed by atoms with van der Waals surface area (Å²) in [6.07, 6.45) is 4.50. The zero-order valence-corrected chi connectivity index (χ0v) is 12.2. The molecule has 0 bridgehead atoms. The van der Waals surface area contributed by atoms with Crippen LogP contribution in [0, 0.1) is 0 Å². The number of H-pyrrole nitrogens is 1. The summed E-state index contributed by atoms with van der Waals surface area (Å²) in [6.45, 7) is 0. The van der Waals surface area contributed by atoms with E-state index in [1.807, 2.05) is 24.3 Å². The molecule has 0 atom stereocenters. The Labute approximate surface area is 125 Å². The molecule has 21 heavy (non-hydrogen) atoms. The first-order chi connectivity index (χ1) is 10.3. The zero-order chi connectivity index (χ0) is 14.2. The van der Waals surface area contributed by atoms with E-state index in [2.05, 4.69) is 20.5 Å². The molecule has 0 unspecified atom stereocenters. The van der Waals surface area contributed by atoms with Gasteiger partial charge in [-0.15, -0.1) is 11.3 Å². The van der Waals surface area contributed by atoms with Crippen LogP contribution in [0.3, 0.4) is 0 Å². The maximum absolute atomic E-state index is 12.4. The SMILES string of the molecule is O=C(Nc1nc2c(s1)CCCC2)c1n[nH]c2ccccc12. The van der Waals surface area contributed by atoms with Gasteiger partial charge >= 0.3 is 0 Å². The fraction of sp³-hybridized carbons (Fsp3) is 0.267. The van der Waals surface area contributed by atoms with E-state index in [9.17, 15) is 4.79 Å². The quantitative estimate of drug-likeness (QED) is 0.763. The van der Waals surface area contributed by atoms with Crippen LogP contribution in [0.4, 0.5) is 5.13 Å². The van der Waals surface area contributed by atoms with E-state index in [0.29, 0.717) is 10.8 Å². The molecule has 2 heterocycles. The van der Waals surface area contributed by atoms with Crippen molar-refractivity contribution in [2.75, 3.05) is 5.32 Å². The number of fused-ring (bicyclic) bond motifs is 2. The van der Waals surface area contributed by atoms with Crippen molar-refractivity contribution in [3.63, 3.8) is 0 Å². The molecular formula is C15H14N4OS. The smallest absolute Gasteiger partial charge is 0.278 e. The molecule has 0 saturated heterocycles. The molecule has 5 nitrogen and oxygen atoms in total. The molecule has 2 aromatic heterocycles. The molecule has 0 radical (unpaired) electrons. The second kappa shape index (κ2) is 4.96. The minimum atomic E-state index is -0.210. The number of para-hydroxylation sites is 1. The number of nitrogens with one attached hydrogen (secondary N) is 2. The monoisotopic (exact) mass is 298 g/mol. The summed E-state index contributed by atoms with van der Waals surface area (Å²) >= 11 is 1.59. The lowest BCUT2D eigenvalue weighted by atomic mass is 10.0. The van der Waals surface area contributed by atoms with Crippen molar-refractivity contribution in [3.05, 3.63) is 40.5 Å². The van der Waals surface area contributed by atoms with Gasteiger partial charge in [0.25, 0.3) is 5.91 Å². The average molecular weight is 298 g/mol. The van der Waals surface area contributed by atoms with Crippen molar-refractivity contribution in [2.24, 2.45) is 0 Å². The van der Waals surface area contributed by atoms with E-state index >= 15 is 0 Å². The largest absolute Gasteiger partial charge is 0.296 e. The summed E-state index contributed by atoms with van der Waals surface area (Å²) in [7, 11) is 0. The molecule has 1 aromatic carbocycles. The fourth-order valence-electron chi connectivity index (χ4n) is 2.70. The van der Waals surface area contributed by atoms with Crippen molar-refractivity contribution < 1.29 is 4.79 Å². The number of hydrogen-bond acceptors (Lipinski definition) is 4. The molecule has 1 aliphatic carbocycles. The van der Waals surface area contributed by atoms with Crippen LogP contribution in [-0.2, 0) is 12.8 Å². The molecular weight excluding hydrogens is 284 g/mol. The van der Waals surface area contributed by atoms with Gasteiger partial charge in [-0.3, -0.25) is 15.2 Å². The van der Waals surface area contributed by atoms with E-state index < -0.39 is 0 Å². The van der Waals surface area contributed by atoms with E-state index in [1.54, 1.807) is 11.3 Å². The number of aryl methyl sites for hydroxylation is 2. The Kier molecular flexibility index (Phi) is 2.96. The number of benzene rings is 1. The highest BCUT2D eigenvalue weighted by Gasteiger charge is 2.19. The van der Waals surface area contributed by atoms with Gasteiger partial charge < -0.3 is 0 Å². The molecule has 6 heteroatoms. The maximum atomic E-state index is 12.4. The number of thiazole rings is 1. The van der Waals surface area contributed by atoms with Crippen LogP contribution in [0.15, 0.2) is 24.3 Å². The van der Waals surface area contributed by atoms with Crippen LogP contribution in [0.5, 0.6) is 0 Å². The highest BCUT2D eigenvalue weighted by atomic mass is 32.1. The molecule has 0 spiro atoms. The lowest BCUT2D eigenvalue weighted by Gasteiger charge is -2.06. The minimum Gasteiger partial charge on any atom is -0.296 e. The van der Waals surface area contributed by atoms with Gasteiger partial charge in [0.15, 0.2) is 10.8 Å². The Bertz CT molecular complexity index is 797. The standard InChI is InChI=1S/C15H14N4OS/c20-14(13-9-5-1-2-6-10(9)18-19-13)17-15-16-11-7-3-4-8-12(11)21-15/h1-2,5-6H,3-4,7-8H2,(H,18,19)(H,16,17,20). The molecule has 1 aliphatic rings. The van der Waals surface area contributed by atoms with E-state index in [-0.39, 0.29) is 5.91 Å². The van der Waals surface area contributed by atoms with Crippen LogP contribution in [0.25, 0.3) is 10.9 Å². The van der Waals surface area contributed by atoms with Gasteiger partial charge in [0.05, 0.1) is 11.2 Å². The minimum absolute atomic E-state index is 0.210. The first-order valence-corrected chi connectivity index (χ1v) is 7.86. The van der Waals surface area contributed by atoms with E-state index in [0.717, 1.165) is 29.4 Å². The molecule has 0 aliphatic heterocycles. The number of rotatable bonds is 2. The predicted molar refractivity (Wildman–Crippen MR) is 82.8 cm³/mol. The summed E-state index contributed by atoms with van der Waals surface area (Å²) in [5.74, 6) is -0.210. The van der Waals surface area contributed by atoms with Crippen LogP contribution in [0.1, 0.15) is 33.9 Å². The number of carbonyl (C=O) groups excluding carboxylic acids is 1. The Hall–Kier alpha value is -2.21. The van der Waals surface area contributed by atoms with Crippen molar-refractivity contribution in [3.8, 4) is 0 Å². The highest BCUT2D eigenvalue weighted by Crippen LogP contribution is 2.30. The summed E-state index contributed by atoms with van der Waals surface area (Å²) in [6, 6.07) is 7.61. The van der Waals surface area contributed by atoms with Gasteiger partial charge in [0.1, 0.15) is 0 Å². The van der Waals surface area contributed by atoms with Gasteiger partial charge in [0.2, 0.25) is 0 Å². The number of amides is 1. The Morgan fingerprint density at radius 1 is 1.24 bits per heavy atom. The van der Waals surface area contributed by atoms with E-state index in [1.165, 1.54) is 17.7 Å². The molecule has 0 saturated carbocycles. The zero-order valence-electron chi connectivity index (χ0n) is 11.3. The number of aromatic nitrogens is 3. The lowest BCUT2D eigenvalue weighted by Crippen LogP contribution is -2.12. The third-order valence-electron chi connectivity index (χ3n) is 3.75. The Balaban J connectivity index is 1.62. The molecule has 1 amide bonds. The maximum Gasteiger partial charge on any atom is 0.278 e. The topological polar surface area (TPSA) is 70.7 Å². The van der Waals surface area contributed by atoms with E-state index in [4.69, 9.17) is 0 Å². The first kappa shape index (κ1) is 12.5. The fourth-order valence-corrected chi connectivity index (χ4v) is 3.74. The first-order valence-electron chi connectivity index (χ1n) is 7.04. The van der Waals surface area contributed by atoms with Crippen molar-refractivity contribution >= 4 is 33.3 Å². The number of carbonyl (C=O) groups is 1. The number of nitrogens with zero attached hydrogens (tertiary/aromatic N) is 2. The van der Waals surface area contributed by atoms with Crippen LogP contribution >= 0.6 is 11.3 Å². The van der Waals surface area contributed by atoms with Gasteiger partial charge in [0, 0.05) is 10.3 Å². The van der Waals surface area contributed by atoms with Crippen molar-refractivity contribution in [1.29, 1.82) is 0 Å². The Morgan fingerprint density at radius 2 is 2.10 bits per heavy atom. The third kappa shape index (κ3) is 2.21. The molecule has 106 valence electrons. The molecule has 0 fully saturated rings. The summed E-state index contributed by atoms with van der Waals surface area (Å²) < 4.78 is 0. The average Bonchev–Trinajstić information content (AvgIpc) is 3.10. The summed E-state index contributed by atoms with van der Waals surface area (Å²) in [5.41, 5.74) is 2.42. The van der Waals surface area contributed by atoms with Crippen LogP contribution in [-0.4, -0.2) is 21.1 Å². The van der Waals surface area contributed by atoms with Crippen molar-refractivity contribution in [2.45, 2.75) is 25.7 Å². The second-order valence-electron chi connectivity index (χ2n) is 5.17. The lowest BCUT2D eigenvalue weighted by molar-refractivity contribution is 0.102. The second-order valence-corrected chi connectivity index (χ2v) is 6.25. The highest BCUT2D eigenvalue weighted by molar-refractivity contribution is 7.15. The molecule has 3 aromatic rings.